The van der Waals surface area contributed by atoms with E-state index in [1.807, 2.05) is 0 Å². The standard InChI is InChI=1S/C8H5F3N2/c1-4-2-5(3-12)13-8(11)6(4)7(9)10/h2,7H,1H3. The van der Waals surface area contributed by atoms with Crippen LogP contribution in [0.2, 0.25) is 0 Å². The summed E-state index contributed by atoms with van der Waals surface area (Å²) in [6.45, 7) is 1.31. The lowest BCUT2D eigenvalue weighted by molar-refractivity contribution is 0.144. The highest BCUT2D eigenvalue weighted by Crippen LogP contribution is 2.24. The zero-order valence-corrected chi connectivity index (χ0v) is 6.68. The Morgan fingerprint density at radius 2 is 2.15 bits per heavy atom. The summed E-state index contributed by atoms with van der Waals surface area (Å²) in [4.78, 5) is 3.07. The van der Waals surface area contributed by atoms with Gasteiger partial charge >= 0.3 is 0 Å². The van der Waals surface area contributed by atoms with Crippen LogP contribution < -0.4 is 0 Å². The van der Waals surface area contributed by atoms with Crippen LogP contribution in [0.1, 0.15) is 23.2 Å². The topological polar surface area (TPSA) is 36.7 Å². The summed E-state index contributed by atoms with van der Waals surface area (Å²) < 4.78 is 37.1. The van der Waals surface area contributed by atoms with Crippen molar-refractivity contribution in [1.29, 1.82) is 5.26 Å². The minimum absolute atomic E-state index is 0.0408. The second-order valence-corrected chi connectivity index (χ2v) is 2.44. The number of hydrogen-bond acceptors (Lipinski definition) is 2. The summed E-state index contributed by atoms with van der Waals surface area (Å²) in [5.41, 5.74) is -0.891. The first-order valence-corrected chi connectivity index (χ1v) is 3.41. The number of pyridine rings is 1. The first kappa shape index (κ1) is 9.52. The molecule has 0 fully saturated rings. The fraction of sp³-hybridized carbons (Fsp3) is 0.250. The third-order valence-electron chi connectivity index (χ3n) is 1.55. The van der Waals surface area contributed by atoms with Gasteiger partial charge in [-0.05, 0) is 18.6 Å². The number of halogens is 3. The Bertz CT molecular complexity index is 345. The van der Waals surface area contributed by atoms with Crippen LogP contribution >= 0.6 is 0 Å². The number of hydrogen-bond donors (Lipinski definition) is 0. The van der Waals surface area contributed by atoms with Crippen molar-refractivity contribution in [3.05, 3.63) is 28.8 Å². The molecular weight excluding hydrogens is 181 g/mol. The lowest BCUT2D eigenvalue weighted by atomic mass is 10.1. The second kappa shape index (κ2) is 3.44. The number of nitriles is 1. The van der Waals surface area contributed by atoms with Gasteiger partial charge in [-0.2, -0.15) is 9.65 Å². The third kappa shape index (κ3) is 1.78. The van der Waals surface area contributed by atoms with Crippen molar-refractivity contribution in [1.82, 2.24) is 4.98 Å². The van der Waals surface area contributed by atoms with Gasteiger partial charge in [0, 0.05) is 0 Å². The molecule has 0 radical (unpaired) electrons. The van der Waals surface area contributed by atoms with Crippen molar-refractivity contribution in [2.24, 2.45) is 0 Å². The summed E-state index contributed by atoms with van der Waals surface area (Å²) >= 11 is 0. The van der Waals surface area contributed by atoms with Crippen molar-refractivity contribution in [2.45, 2.75) is 13.3 Å². The van der Waals surface area contributed by atoms with Crippen molar-refractivity contribution < 1.29 is 13.2 Å². The Morgan fingerprint density at radius 3 is 2.54 bits per heavy atom. The van der Waals surface area contributed by atoms with E-state index in [1.165, 1.54) is 6.92 Å². The number of nitrogens with zero attached hydrogens (tertiary/aromatic N) is 2. The van der Waals surface area contributed by atoms with Gasteiger partial charge in [0.1, 0.15) is 11.8 Å². The van der Waals surface area contributed by atoms with Crippen molar-refractivity contribution in [2.75, 3.05) is 0 Å². The monoisotopic (exact) mass is 186 g/mol. The van der Waals surface area contributed by atoms with Gasteiger partial charge in [-0.15, -0.1) is 0 Å². The Labute approximate surface area is 72.6 Å². The van der Waals surface area contributed by atoms with Gasteiger partial charge in [0.2, 0.25) is 5.95 Å². The van der Waals surface area contributed by atoms with E-state index in [9.17, 15) is 13.2 Å². The zero-order chi connectivity index (χ0) is 10.0. The highest BCUT2D eigenvalue weighted by atomic mass is 19.3. The van der Waals surface area contributed by atoms with Gasteiger partial charge in [-0.3, -0.25) is 0 Å². The van der Waals surface area contributed by atoms with Gasteiger partial charge in [-0.1, -0.05) is 0 Å². The molecule has 1 rings (SSSR count). The van der Waals surface area contributed by atoms with Crippen LogP contribution in [0.3, 0.4) is 0 Å². The quantitative estimate of drug-likeness (QED) is 0.631. The molecule has 1 aromatic heterocycles. The summed E-state index contributed by atoms with van der Waals surface area (Å²) in [5.74, 6) is -1.27. The molecule has 0 atom stereocenters. The largest absolute Gasteiger partial charge is 0.268 e. The van der Waals surface area contributed by atoms with Crippen LogP contribution in [-0.2, 0) is 0 Å². The molecule has 0 saturated carbocycles. The molecule has 13 heavy (non-hydrogen) atoms. The molecule has 1 heterocycles. The Kier molecular flexibility index (Phi) is 2.52. The van der Waals surface area contributed by atoms with Crippen LogP contribution in [0.4, 0.5) is 13.2 Å². The molecule has 0 bridgehead atoms. The first-order valence-electron chi connectivity index (χ1n) is 3.41. The molecule has 0 unspecified atom stereocenters. The van der Waals surface area contributed by atoms with Gasteiger partial charge in [0.25, 0.3) is 6.43 Å². The maximum Gasteiger partial charge on any atom is 0.268 e. The lowest BCUT2D eigenvalue weighted by Gasteiger charge is -2.04. The summed E-state index contributed by atoms with van der Waals surface area (Å²) in [7, 11) is 0. The SMILES string of the molecule is Cc1cc(C#N)nc(F)c1C(F)F. The minimum Gasteiger partial charge on any atom is -0.208 e. The number of aromatic nitrogens is 1. The van der Waals surface area contributed by atoms with Crippen molar-refractivity contribution >= 4 is 0 Å². The molecule has 0 N–H and O–H groups in total. The van der Waals surface area contributed by atoms with Gasteiger partial charge in [0.05, 0.1) is 5.56 Å². The van der Waals surface area contributed by atoms with Crippen LogP contribution in [0.15, 0.2) is 6.07 Å². The zero-order valence-electron chi connectivity index (χ0n) is 6.68. The number of alkyl halides is 2. The summed E-state index contributed by atoms with van der Waals surface area (Å²) in [6.07, 6.45) is -2.90. The van der Waals surface area contributed by atoms with Gasteiger partial charge in [0.15, 0.2) is 0 Å². The van der Waals surface area contributed by atoms with E-state index < -0.39 is 17.9 Å². The molecular formula is C8H5F3N2. The Hall–Kier alpha value is -1.57. The minimum atomic E-state index is -2.90. The number of aryl methyl sites for hydroxylation is 1. The molecule has 0 aromatic carbocycles. The molecule has 5 heteroatoms. The van der Waals surface area contributed by atoms with E-state index in [-0.39, 0.29) is 11.3 Å². The highest BCUT2D eigenvalue weighted by molar-refractivity contribution is 5.32. The molecule has 0 saturated heterocycles. The van der Waals surface area contributed by atoms with E-state index >= 15 is 0 Å². The average Bonchev–Trinajstić information content (AvgIpc) is 2.02. The van der Waals surface area contributed by atoms with Crippen LogP contribution in [0.25, 0.3) is 0 Å². The summed E-state index contributed by atoms with van der Waals surface area (Å²) in [5, 5.41) is 8.35. The van der Waals surface area contributed by atoms with E-state index in [4.69, 9.17) is 5.26 Å². The first-order chi connectivity index (χ1) is 6.06. The van der Waals surface area contributed by atoms with Crippen LogP contribution in [-0.4, -0.2) is 4.98 Å². The predicted octanol–water partition coefficient (Wildman–Crippen LogP) is 2.34. The van der Waals surface area contributed by atoms with E-state index in [1.54, 1.807) is 6.07 Å². The maximum absolute atomic E-state index is 12.8. The Balaban J connectivity index is 3.33. The van der Waals surface area contributed by atoms with Gasteiger partial charge in [-0.25, -0.2) is 13.8 Å². The van der Waals surface area contributed by atoms with Crippen LogP contribution in [0, 0.1) is 24.2 Å². The summed E-state index contributed by atoms with van der Waals surface area (Å²) in [6, 6.07) is 2.71. The molecule has 0 aliphatic heterocycles. The number of rotatable bonds is 1. The third-order valence-corrected chi connectivity index (χ3v) is 1.55. The van der Waals surface area contributed by atoms with Crippen molar-refractivity contribution in [3.8, 4) is 6.07 Å². The molecule has 0 amide bonds. The predicted molar refractivity (Wildman–Crippen MR) is 38.6 cm³/mol. The highest BCUT2D eigenvalue weighted by Gasteiger charge is 2.18. The van der Waals surface area contributed by atoms with E-state index in [2.05, 4.69) is 4.98 Å². The molecule has 2 nitrogen and oxygen atoms in total. The second-order valence-electron chi connectivity index (χ2n) is 2.44. The molecule has 68 valence electrons. The fourth-order valence-corrected chi connectivity index (χ4v) is 0.963. The maximum atomic E-state index is 12.8. The molecule has 0 spiro atoms. The Morgan fingerprint density at radius 1 is 1.54 bits per heavy atom. The van der Waals surface area contributed by atoms with E-state index in [0.717, 1.165) is 6.07 Å². The smallest absolute Gasteiger partial charge is 0.208 e. The molecule has 1 aromatic rings. The molecule has 0 aliphatic rings. The average molecular weight is 186 g/mol. The lowest BCUT2D eigenvalue weighted by Crippen LogP contribution is -2.00. The van der Waals surface area contributed by atoms with Crippen molar-refractivity contribution in [3.63, 3.8) is 0 Å². The molecule has 0 aliphatic carbocycles. The normalized spacial score (nSPS) is 10.2. The fourth-order valence-electron chi connectivity index (χ4n) is 0.963. The van der Waals surface area contributed by atoms with Crippen LogP contribution in [0.5, 0.6) is 0 Å². The van der Waals surface area contributed by atoms with Gasteiger partial charge < -0.3 is 0 Å². The van der Waals surface area contributed by atoms with E-state index in [0.29, 0.717) is 0 Å².